The molecule has 1 heterocycles. The van der Waals surface area contributed by atoms with Gasteiger partial charge in [-0.15, -0.1) is 0 Å². The number of fused-ring (bicyclic) bond motifs is 1. The summed E-state index contributed by atoms with van der Waals surface area (Å²) in [5, 5.41) is 13.6. The van der Waals surface area contributed by atoms with Crippen molar-refractivity contribution in [3.05, 3.63) is 64.2 Å². The highest BCUT2D eigenvalue weighted by Gasteiger charge is 2.59. The molecule has 3 aliphatic rings. The van der Waals surface area contributed by atoms with Gasteiger partial charge in [-0.05, 0) is 151 Å². The van der Waals surface area contributed by atoms with Gasteiger partial charge in [0, 0.05) is 10.6 Å². The molecule has 0 radical (unpaired) electrons. The Morgan fingerprint density at radius 1 is 0.735 bits per heavy atom. The zero-order valence-electron chi connectivity index (χ0n) is 31.9. The highest BCUT2D eigenvalue weighted by Crippen LogP contribution is 2.52. The van der Waals surface area contributed by atoms with Crippen molar-refractivity contribution in [1.29, 1.82) is 0 Å². The van der Waals surface area contributed by atoms with Gasteiger partial charge in [-0.25, -0.2) is 0 Å². The number of ether oxygens (including phenoxy) is 2. The number of benzene rings is 2. The largest absolute Gasteiger partial charge is 0.490 e. The Labute approximate surface area is 304 Å². The van der Waals surface area contributed by atoms with E-state index in [0.29, 0.717) is 23.1 Å². The van der Waals surface area contributed by atoms with Gasteiger partial charge in [-0.3, -0.25) is 0 Å². The van der Waals surface area contributed by atoms with Crippen molar-refractivity contribution >= 4 is 44.9 Å². The molecule has 0 aromatic heterocycles. The maximum atomic E-state index is 13.0. The third-order valence-corrected chi connectivity index (χ3v) is 13.4. The molecule has 2 aliphatic carbocycles. The Hall–Kier alpha value is -0.842. The first-order valence-corrected chi connectivity index (χ1v) is 32.1. The molecule has 2 aromatic rings. The lowest BCUT2D eigenvalue weighted by molar-refractivity contribution is -0.348. The summed E-state index contributed by atoms with van der Waals surface area (Å²) in [6.45, 7) is 26.2. The smallest absolute Gasteiger partial charge is 0.221 e. The summed E-state index contributed by atoms with van der Waals surface area (Å²) < 4.78 is 40.5. The summed E-state index contributed by atoms with van der Waals surface area (Å²) in [4.78, 5) is 0. The lowest BCUT2D eigenvalue weighted by Gasteiger charge is -2.54. The molecule has 1 N–H and O–H groups in total. The third kappa shape index (κ3) is 10.8. The summed E-state index contributed by atoms with van der Waals surface area (Å²) in [6, 6.07) is 14.0. The van der Waals surface area contributed by atoms with E-state index in [0.717, 1.165) is 28.7 Å². The molecule has 12 heteroatoms. The molecule has 2 aromatic carbocycles. The van der Waals surface area contributed by atoms with Crippen LogP contribution in [0.2, 0.25) is 83.6 Å². The third-order valence-electron chi connectivity index (χ3n) is 9.13. The minimum absolute atomic E-state index is 0.287. The van der Waals surface area contributed by atoms with Gasteiger partial charge in [0.25, 0.3) is 0 Å². The number of hydrogen-bond donors (Lipinski definition) is 1. The van der Waals surface area contributed by atoms with Crippen LogP contribution in [0.5, 0.6) is 5.75 Å². The molecule has 2 saturated carbocycles. The van der Waals surface area contributed by atoms with Crippen molar-refractivity contribution in [3.8, 4) is 5.75 Å². The minimum atomic E-state index is -2.26. The number of hydrogen-bond acceptors (Lipinski definition) is 7. The zero-order chi connectivity index (χ0) is 36.2. The quantitative estimate of drug-likeness (QED) is 0.192. The average Bonchev–Trinajstić information content (AvgIpc) is 3.56. The molecular formula is C37H61ClO7Si4. The van der Waals surface area contributed by atoms with E-state index >= 15 is 0 Å². The highest BCUT2D eigenvalue weighted by molar-refractivity contribution is 6.71. The molecule has 274 valence electrons. The molecule has 8 atom stereocenters. The Bertz CT molecular complexity index is 1420. The predicted molar refractivity (Wildman–Crippen MR) is 209 cm³/mol. The first-order chi connectivity index (χ1) is 22.5. The topological polar surface area (TPSA) is 75.6 Å². The average molecular weight is 766 g/mol. The number of aliphatic hydroxyl groups is 1. The second-order valence-corrected chi connectivity index (χ2v) is 36.7. The van der Waals surface area contributed by atoms with E-state index < -0.39 is 63.5 Å². The van der Waals surface area contributed by atoms with Crippen molar-refractivity contribution in [2.75, 3.05) is 6.61 Å². The molecule has 1 saturated heterocycles. The van der Waals surface area contributed by atoms with E-state index in [1.54, 1.807) is 0 Å². The predicted octanol–water partition coefficient (Wildman–Crippen LogP) is 9.16. The number of halogens is 1. The Morgan fingerprint density at radius 2 is 1.31 bits per heavy atom. The standard InChI is InChI=1S/C37H61ClO7Si4/c1-46(2,3)40-24-33-34(43-47(4,5)6)35(44-48(7,8)9)36(45-49(10,11)12)37(39,42-33)29-15-18-32(38)28(21-29)19-25-13-16-30(17-14-25)41-31-22-26-20-27(26)23-31/h13-18,21,26-27,31,33-36,39H,19-20,22-24H2,1-12H3/t26-,27+,31+,33-,34-,35+,36-,37?/m1/s1. The van der Waals surface area contributed by atoms with E-state index in [-0.39, 0.29) is 6.61 Å². The van der Waals surface area contributed by atoms with Crippen LogP contribution in [0.4, 0.5) is 0 Å². The zero-order valence-corrected chi connectivity index (χ0v) is 36.6. The molecular weight excluding hydrogens is 704 g/mol. The van der Waals surface area contributed by atoms with Crippen LogP contribution >= 0.6 is 11.6 Å². The normalized spacial score (nSPS) is 30.7. The number of rotatable bonds is 14. The van der Waals surface area contributed by atoms with Gasteiger partial charge in [0.2, 0.25) is 5.79 Å². The van der Waals surface area contributed by atoms with E-state index in [1.165, 1.54) is 19.3 Å². The van der Waals surface area contributed by atoms with E-state index in [4.69, 9.17) is 38.8 Å². The monoisotopic (exact) mass is 764 g/mol. The fraction of sp³-hybridized carbons (Fsp3) is 0.676. The SMILES string of the molecule is C[Si](C)(C)OC[C@H]1OC(O)(c2ccc(Cl)c(Cc3ccc(O[C@@H]4C[C@@H]5C[C@@H]5C4)cc3)c2)[C@H](O[Si](C)(C)C)[C@@H](O[Si](C)(C)C)[C@@H]1O[Si](C)(C)C. The summed E-state index contributed by atoms with van der Waals surface area (Å²) >= 11 is 6.85. The first-order valence-electron chi connectivity index (χ1n) is 18.1. The van der Waals surface area contributed by atoms with Gasteiger partial charge in [-0.1, -0.05) is 29.8 Å². The van der Waals surface area contributed by atoms with E-state index in [1.807, 2.05) is 18.2 Å². The van der Waals surface area contributed by atoms with Crippen LogP contribution < -0.4 is 4.74 Å². The van der Waals surface area contributed by atoms with Crippen molar-refractivity contribution in [2.45, 2.75) is 141 Å². The van der Waals surface area contributed by atoms with Crippen molar-refractivity contribution < 1.29 is 32.3 Å². The fourth-order valence-electron chi connectivity index (χ4n) is 7.07. The van der Waals surface area contributed by atoms with Gasteiger partial charge in [0.05, 0.1) is 12.7 Å². The van der Waals surface area contributed by atoms with Crippen LogP contribution in [0.1, 0.15) is 36.0 Å². The molecule has 1 aliphatic heterocycles. The highest BCUT2D eigenvalue weighted by atomic mass is 35.5. The molecule has 0 bridgehead atoms. The Morgan fingerprint density at radius 3 is 1.86 bits per heavy atom. The van der Waals surface area contributed by atoms with Gasteiger partial charge < -0.3 is 32.3 Å². The summed E-state index contributed by atoms with van der Waals surface area (Å²) in [5.41, 5.74) is 2.59. The molecule has 1 unspecified atom stereocenters. The van der Waals surface area contributed by atoms with Crippen molar-refractivity contribution in [2.24, 2.45) is 11.8 Å². The van der Waals surface area contributed by atoms with Crippen LogP contribution in [-0.4, -0.2) is 75.5 Å². The second-order valence-electron chi connectivity index (χ2n) is 18.4. The fourth-order valence-corrected chi connectivity index (χ4v) is 11.1. The second kappa shape index (κ2) is 14.5. The molecule has 0 amide bonds. The summed E-state index contributed by atoms with van der Waals surface area (Å²) in [5.74, 6) is 0.853. The lowest BCUT2D eigenvalue weighted by atomic mass is 9.87. The van der Waals surface area contributed by atoms with Crippen LogP contribution in [0.25, 0.3) is 0 Å². The summed E-state index contributed by atoms with van der Waals surface area (Å²) in [7, 11) is -8.49. The molecule has 5 rings (SSSR count). The molecule has 3 fully saturated rings. The van der Waals surface area contributed by atoms with Crippen molar-refractivity contribution in [3.63, 3.8) is 0 Å². The van der Waals surface area contributed by atoms with Gasteiger partial charge in [0.15, 0.2) is 33.3 Å². The summed E-state index contributed by atoms with van der Waals surface area (Å²) in [6.07, 6.45) is 2.23. The molecule has 7 nitrogen and oxygen atoms in total. The maximum Gasteiger partial charge on any atom is 0.221 e. The van der Waals surface area contributed by atoms with Crippen LogP contribution in [0, 0.1) is 11.8 Å². The molecule has 0 spiro atoms. The van der Waals surface area contributed by atoms with Crippen LogP contribution in [0.15, 0.2) is 42.5 Å². The minimum Gasteiger partial charge on any atom is -0.490 e. The maximum absolute atomic E-state index is 13.0. The Kier molecular flexibility index (Phi) is 11.7. The van der Waals surface area contributed by atoms with Crippen LogP contribution in [-0.2, 0) is 34.6 Å². The van der Waals surface area contributed by atoms with E-state index in [9.17, 15) is 5.11 Å². The first kappa shape index (κ1) is 39.4. The van der Waals surface area contributed by atoms with Gasteiger partial charge >= 0.3 is 0 Å². The van der Waals surface area contributed by atoms with Crippen molar-refractivity contribution in [1.82, 2.24) is 0 Å². The van der Waals surface area contributed by atoms with Gasteiger partial charge in [-0.2, -0.15) is 0 Å². The Balaban J connectivity index is 1.50. The molecule has 49 heavy (non-hydrogen) atoms. The van der Waals surface area contributed by atoms with Gasteiger partial charge in [0.1, 0.15) is 30.2 Å². The van der Waals surface area contributed by atoms with Crippen LogP contribution in [0.3, 0.4) is 0 Å². The van der Waals surface area contributed by atoms with E-state index in [2.05, 4.69) is 103 Å². The lowest BCUT2D eigenvalue weighted by Crippen LogP contribution is -2.69.